The molecule has 0 unspecified atom stereocenters. The van der Waals surface area contributed by atoms with Crippen LogP contribution in [0.5, 0.6) is 17.6 Å². The highest BCUT2D eigenvalue weighted by Gasteiger charge is 2.47. The fourth-order valence-corrected chi connectivity index (χ4v) is 6.18. The molecule has 0 amide bonds. The zero-order chi connectivity index (χ0) is 27.8. The number of halogens is 1. The monoisotopic (exact) mass is 570 g/mol. The topological polar surface area (TPSA) is 144 Å². The number of carbonyl (C=O) groups is 1. The van der Waals surface area contributed by atoms with Crippen molar-refractivity contribution in [3.63, 3.8) is 0 Å². The highest BCUT2D eigenvalue weighted by Crippen LogP contribution is 2.48. The van der Waals surface area contributed by atoms with E-state index in [0.29, 0.717) is 47.0 Å². The second kappa shape index (κ2) is 11.2. The Balaban J connectivity index is 1.12. The maximum Gasteiger partial charge on any atom is 0.320 e. The van der Waals surface area contributed by atoms with Gasteiger partial charge in [-0.3, -0.25) is 4.79 Å². The van der Waals surface area contributed by atoms with Crippen molar-refractivity contribution in [1.29, 1.82) is 0 Å². The number of nitrogens with zero attached hydrogens (tertiary/aromatic N) is 6. The minimum atomic E-state index is -0.685. The van der Waals surface area contributed by atoms with Gasteiger partial charge in [0.1, 0.15) is 34.9 Å². The zero-order valence-corrected chi connectivity index (χ0v) is 23.1. The van der Waals surface area contributed by atoms with Crippen molar-refractivity contribution in [3.05, 3.63) is 34.7 Å². The van der Waals surface area contributed by atoms with E-state index in [1.807, 2.05) is 19.1 Å². The van der Waals surface area contributed by atoms with Gasteiger partial charge in [0, 0.05) is 13.5 Å². The van der Waals surface area contributed by atoms with Crippen LogP contribution in [0.15, 0.2) is 18.3 Å². The number of carboxylic acid groups (broad SMARTS) is 1. The van der Waals surface area contributed by atoms with Gasteiger partial charge in [-0.05, 0) is 56.6 Å². The number of ether oxygens (including phenoxy) is 4. The SMILES string of the molecule is Cc1nc(-c2nnn(C)c2COc2ncc(Cl)c(O[C@@H]3CCOC3)n2)ccc1O[C@H]1C[C@@H]2CC[C@H](C(=O)O)[C@@H]2C1. The molecule has 0 aromatic carbocycles. The molecular weight excluding hydrogens is 540 g/mol. The van der Waals surface area contributed by atoms with E-state index in [0.717, 1.165) is 37.8 Å². The summed E-state index contributed by atoms with van der Waals surface area (Å²) < 4.78 is 25.0. The third-order valence-electron chi connectivity index (χ3n) is 8.10. The lowest BCUT2D eigenvalue weighted by Crippen LogP contribution is -2.21. The van der Waals surface area contributed by atoms with Crippen LogP contribution in [0.2, 0.25) is 5.02 Å². The second-order valence-electron chi connectivity index (χ2n) is 10.6. The molecule has 12 nitrogen and oxygen atoms in total. The van der Waals surface area contributed by atoms with Crippen molar-refractivity contribution in [1.82, 2.24) is 29.9 Å². The van der Waals surface area contributed by atoms with Crippen molar-refractivity contribution >= 4 is 17.6 Å². The van der Waals surface area contributed by atoms with Crippen molar-refractivity contribution in [2.75, 3.05) is 13.2 Å². The van der Waals surface area contributed by atoms with Crippen LogP contribution in [0.25, 0.3) is 11.4 Å². The van der Waals surface area contributed by atoms with Gasteiger partial charge in [0.2, 0.25) is 5.88 Å². The maximum absolute atomic E-state index is 11.6. The van der Waals surface area contributed by atoms with E-state index in [2.05, 4.69) is 20.3 Å². The molecule has 0 radical (unpaired) electrons. The van der Waals surface area contributed by atoms with Crippen molar-refractivity contribution in [2.24, 2.45) is 24.8 Å². The predicted octanol–water partition coefficient (Wildman–Crippen LogP) is 3.64. The Hall–Kier alpha value is -3.51. The first-order valence-electron chi connectivity index (χ1n) is 13.5. The molecule has 1 N–H and O–H groups in total. The molecule has 0 spiro atoms. The number of hydrogen-bond acceptors (Lipinski definition) is 10. The first-order valence-corrected chi connectivity index (χ1v) is 13.9. The van der Waals surface area contributed by atoms with Gasteiger partial charge in [-0.15, -0.1) is 5.10 Å². The molecule has 13 heteroatoms. The van der Waals surface area contributed by atoms with Gasteiger partial charge in [-0.2, -0.15) is 4.98 Å². The highest BCUT2D eigenvalue weighted by atomic mass is 35.5. The molecule has 3 aromatic heterocycles. The van der Waals surface area contributed by atoms with Gasteiger partial charge < -0.3 is 24.1 Å². The quantitative estimate of drug-likeness (QED) is 0.402. The van der Waals surface area contributed by atoms with Gasteiger partial charge in [-0.1, -0.05) is 16.8 Å². The Bertz CT molecular complexity index is 1400. The van der Waals surface area contributed by atoms with Crippen LogP contribution in [0.4, 0.5) is 0 Å². The fourth-order valence-electron chi connectivity index (χ4n) is 6.05. The molecule has 3 fully saturated rings. The number of carboxylic acids is 1. The van der Waals surface area contributed by atoms with E-state index < -0.39 is 5.97 Å². The lowest BCUT2D eigenvalue weighted by atomic mass is 9.92. The summed E-state index contributed by atoms with van der Waals surface area (Å²) in [5, 5.41) is 18.3. The molecule has 3 aliphatic rings. The minimum Gasteiger partial charge on any atom is -0.489 e. The summed E-state index contributed by atoms with van der Waals surface area (Å²) in [6, 6.07) is 3.85. The molecule has 2 saturated carbocycles. The fraction of sp³-hybridized carbons (Fsp3) is 0.556. The maximum atomic E-state index is 11.6. The van der Waals surface area contributed by atoms with Crippen LogP contribution in [-0.4, -0.2) is 66.4 Å². The van der Waals surface area contributed by atoms with Crippen LogP contribution in [0.3, 0.4) is 0 Å². The van der Waals surface area contributed by atoms with Crippen molar-refractivity contribution in [2.45, 2.75) is 57.8 Å². The van der Waals surface area contributed by atoms with E-state index in [-0.39, 0.29) is 42.5 Å². The summed E-state index contributed by atoms with van der Waals surface area (Å²) in [5.41, 5.74) is 2.62. The van der Waals surface area contributed by atoms with Crippen LogP contribution >= 0.6 is 11.6 Å². The minimum absolute atomic E-state index is 0.00146. The predicted molar refractivity (Wildman–Crippen MR) is 141 cm³/mol. The summed E-state index contributed by atoms with van der Waals surface area (Å²) in [7, 11) is 1.78. The summed E-state index contributed by atoms with van der Waals surface area (Å²) >= 11 is 6.22. The summed E-state index contributed by atoms with van der Waals surface area (Å²) in [6.45, 7) is 3.12. The normalized spacial score (nSPS) is 25.6. The van der Waals surface area contributed by atoms with Gasteiger partial charge in [0.25, 0.3) is 0 Å². The first kappa shape index (κ1) is 26.7. The van der Waals surface area contributed by atoms with Crippen LogP contribution < -0.4 is 14.2 Å². The van der Waals surface area contributed by atoms with Crippen molar-refractivity contribution < 1.29 is 28.8 Å². The van der Waals surface area contributed by atoms with E-state index in [1.165, 1.54) is 6.20 Å². The molecule has 5 atom stereocenters. The van der Waals surface area contributed by atoms with E-state index >= 15 is 0 Å². The molecule has 1 saturated heterocycles. The van der Waals surface area contributed by atoms with Gasteiger partial charge in [0.05, 0.1) is 42.8 Å². The molecule has 6 rings (SSSR count). The van der Waals surface area contributed by atoms with Gasteiger partial charge in [-0.25, -0.2) is 14.6 Å². The second-order valence-corrected chi connectivity index (χ2v) is 11.1. The van der Waals surface area contributed by atoms with Gasteiger partial charge >= 0.3 is 12.0 Å². The molecule has 4 heterocycles. The Morgan fingerprint density at radius 1 is 1.18 bits per heavy atom. The van der Waals surface area contributed by atoms with Crippen LogP contribution in [-0.2, 0) is 23.2 Å². The summed E-state index contributed by atoms with van der Waals surface area (Å²) in [6.07, 6.45) is 5.48. The zero-order valence-electron chi connectivity index (χ0n) is 22.3. The molecule has 2 aliphatic carbocycles. The molecule has 0 bridgehead atoms. The van der Waals surface area contributed by atoms with E-state index in [1.54, 1.807) is 11.7 Å². The Labute approximate surface area is 236 Å². The third-order valence-corrected chi connectivity index (χ3v) is 8.36. The van der Waals surface area contributed by atoms with Crippen LogP contribution in [0, 0.1) is 24.7 Å². The molecule has 3 aromatic rings. The molecule has 212 valence electrons. The lowest BCUT2D eigenvalue weighted by molar-refractivity contribution is -0.143. The third kappa shape index (κ3) is 5.42. The average Bonchev–Trinajstić information content (AvgIpc) is 3.71. The number of pyridine rings is 1. The number of aryl methyl sites for hydroxylation is 2. The lowest BCUT2D eigenvalue weighted by Gasteiger charge is -2.18. The standard InChI is InChI=1S/C27H31ClN6O6/c1-14-23(39-17-9-15-3-4-18(26(35)36)19(15)10-17)6-5-21(30-14)24-22(34(2)33-32-24)13-38-27-29-11-20(28)25(31-27)40-16-7-8-37-12-16/h5-6,11,15-19H,3-4,7-10,12-13H2,1-2H3,(H,35,36)/t15-,16+,17-,18-,19+/m0/s1. The number of aliphatic carboxylic acids is 1. The summed E-state index contributed by atoms with van der Waals surface area (Å²) in [5.74, 6) is 0.622. The number of rotatable bonds is 9. The number of hydrogen-bond donors (Lipinski definition) is 1. The van der Waals surface area contributed by atoms with Crippen molar-refractivity contribution in [3.8, 4) is 29.0 Å². The van der Waals surface area contributed by atoms with Crippen LogP contribution in [0.1, 0.15) is 43.5 Å². The van der Waals surface area contributed by atoms with Gasteiger partial charge in [0.15, 0.2) is 0 Å². The first-order chi connectivity index (χ1) is 19.4. The Morgan fingerprint density at radius 2 is 2.05 bits per heavy atom. The Morgan fingerprint density at radius 3 is 2.83 bits per heavy atom. The van der Waals surface area contributed by atoms with E-state index in [4.69, 9.17) is 35.5 Å². The smallest absolute Gasteiger partial charge is 0.320 e. The summed E-state index contributed by atoms with van der Waals surface area (Å²) in [4.78, 5) is 24.8. The molecule has 1 aliphatic heterocycles. The highest BCUT2D eigenvalue weighted by molar-refractivity contribution is 6.31. The number of aromatic nitrogens is 6. The Kier molecular flexibility index (Phi) is 7.45. The number of fused-ring (bicyclic) bond motifs is 1. The molecule has 40 heavy (non-hydrogen) atoms. The largest absolute Gasteiger partial charge is 0.489 e. The average molecular weight is 571 g/mol. The molecular formula is C27H31ClN6O6. The van der Waals surface area contributed by atoms with E-state index in [9.17, 15) is 9.90 Å².